The summed E-state index contributed by atoms with van der Waals surface area (Å²) in [5.41, 5.74) is 1.49. The Morgan fingerprint density at radius 3 is 2.59 bits per heavy atom. The number of rotatable bonds is 6. The molecular formula is C21H30N2O4. The number of nitrogens with zero attached hydrogens (tertiary/aromatic N) is 1. The van der Waals surface area contributed by atoms with Crippen molar-refractivity contribution in [2.75, 3.05) is 0 Å². The van der Waals surface area contributed by atoms with Crippen LogP contribution >= 0.6 is 0 Å². The maximum absolute atomic E-state index is 12.6. The summed E-state index contributed by atoms with van der Waals surface area (Å²) in [5.74, 6) is -0.0564. The van der Waals surface area contributed by atoms with Crippen molar-refractivity contribution in [3.63, 3.8) is 0 Å². The van der Waals surface area contributed by atoms with Gasteiger partial charge in [0, 0.05) is 18.5 Å². The van der Waals surface area contributed by atoms with Crippen molar-refractivity contribution in [1.29, 1.82) is 0 Å². The minimum absolute atomic E-state index is 0.156. The lowest BCUT2D eigenvalue weighted by Gasteiger charge is -2.29. The lowest BCUT2D eigenvalue weighted by Crippen LogP contribution is -2.52. The summed E-state index contributed by atoms with van der Waals surface area (Å²) in [5, 5.41) is 2.32. The maximum Gasteiger partial charge on any atom is 0.255 e. The molecule has 6 heteroatoms. The smallest absolute Gasteiger partial charge is 0.255 e. The molecule has 0 aliphatic carbocycles. The van der Waals surface area contributed by atoms with Crippen molar-refractivity contribution in [2.45, 2.75) is 78.5 Å². The molecule has 1 aromatic rings. The second kappa shape index (κ2) is 9.53. The zero-order valence-electron chi connectivity index (χ0n) is 16.7. The molecular weight excluding hydrogens is 344 g/mol. The standard InChI is InChI=1S/C19H24N2O4.C2H6/c1-3-5-13(4-2)25-14-6-7-15-12(10-14)11-21(19(15)24)16-8-9-17(22)20-18(16)23;1-2/h6-7,10,13,16H,3-5,8-9,11H2,1-2H3,(H,20,22,23);1-2H3. The molecule has 0 bridgehead atoms. The predicted molar refractivity (Wildman–Crippen MR) is 103 cm³/mol. The minimum atomic E-state index is -0.578. The van der Waals surface area contributed by atoms with Crippen molar-refractivity contribution >= 4 is 17.7 Å². The van der Waals surface area contributed by atoms with Crippen LogP contribution in [0.1, 0.15) is 75.7 Å². The Morgan fingerprint density at radius 1 is 1.22 bits per heavy atom. The van der Waals surface area contributed by atoms with E-state index in [0.29, 0.717) is 18.5 Å². The summed E-state index contributed by atoms with van der Waals surface area (Å²) >= 11 is 0. The minimum Gasteiger partial charge on any atom is -0.490 e. The van der Waals surface area contributed by atoms with Crippen LogP contribution in [0, 0.1) is 0 Å². The Kier molecular flexibility index (Phi) is 7.39. The number of imide groups is 1. The van der Waals surface area contributed by atoms with E-state index in [0.717, 1.165) is 30.6 Å². The average molecular weight is 374 g/mol. The van der Waals surface area contributed by atoms with Gasteiger partial charge in [0.05, 0.1) is 6.10 Å². The van der Waals surface area contributed by atoms with Gasteiger partial charge >= 0.3 is 0 Å². The van der Waals surface area contributed by atoms with Crippen LogP contribution < -0.4 is 10.1 Å². The number of piperidine rings is 1. The average Bonchev–Trinajstić information content (AvgIpc) is 2.99. The van der Waals surface area contributed by atoms with Gasteiger partial charge in [-0.1, -0.05) is 34.1 Å². The molecule has 3 rings (SSSR count). The molecule has 0 radical (unpaired) electrons. The number of carbonyl (C=O) groups excluding carboxylic acids is 3. The molecule has 2 heterocycles. The Hall–Kier alpha value is -2.37. The van der Waals surface area contributed by atoms with Crippen molar-refractivity contribution in [3.8, 4) is 5.75 Å². The van der Waals surface area contributed by atoms with Gasteiger partial charge in [0.15, 0.2) is 0 Å². The molecule has 3 amide bonds. The van der Waals surface area contributed by atoms with Crippen molar-refractivity contribution in [3.05, 3.63) is 29.3 Å². The molecule has 0 saturated carbocycles. The first-order valence-corrected chi connectivity index (χ1v) is 9.97. The van der Waals surface area contributed by atoms with Crippen LogP contribution in [0.2, 0.25) is 0 Å². The van der Waals surface area contributed by atoms with E-state index in [9.17, 15) is 14.4 Å². The monoisotopic (exact) mass is 374 g/mol. The van der Waals surface area contributed by atoms with Gasteiger partial charge < -0.3 is 9.64 Å². The summed E-state index contributed by atoms with van der Waals surface area (Å²) in [6.45, 7) is 8.61. The predicted octanol–water partition coefficient (Wildman–Crippen LogP) is 3.43. The highest BCUT2D eigenvalue weighted by molar-refractivity contribution is 6.05. The Morgan fingerprint density at radius 2 is 1.96 bits per heavy atom. The summed E-state index contributed by atoms with van der Waals surface area (Å²) in [4.78, 5) is 37.6. The lowest BCUT2D eigenvalue weighted by molar-refractivity contribution is -0.136. The van der Waals surface area contributed by atoms with Crippen LogP contribution in [0.15, 0.2) is 18.2 Å². The van der Waals surface area contributed by atoms with Crippen molar-refractivity contribution in [2.24, 2.45) is 0 Å². The number of nitrogens with one attached hydrogen (secondary N) is 1. The van der Waals surface area contributed by atoms with Crippen LogP contribution in [0.4, 0.5) is 0 Å². The van der Waals surface area contributed by atoms with Gasteiger partial charge in [-0.25, -0.2) is 0 Å². The molecule has 2 unspecified atom stereocenters. The second-order valence-corrected chi connectivity index (χ2v) is 6.66. The summed E-state index contributed by atoms with van der Waals surface area (Å²) in [6, 6.07) is 4.92. The molecule has 1 N–H and O–H groups in total. The van der Waals surface area contributed by atoms with E-state index in [1.807, 2.05) is 26.0 Å². The van der Waals surface area contributed by atoms with E-state index in [2.05, 4.69) is 19.2 Å². The second-order valence-electron chi connectivity index (χ2n) is 6.66. The van der Waals surface area contributed by atoms with Gasteiger partial charge in [-0.15, -0.1) is 0 Å². The van der Waals surface area contributed by atoms with E-state index in [1.54, 1.807) is 11.0 Å². The Labute approximate surface area is 161 Å². The van der Waals surface area contributed by atoms with Crippen LogP contribution in [-0.2, 0) is 16.1 Å². The van der Waals surface area contributed by atoms with E-state index in [4.69, 9.17) is 4.74 Å². The Balaban J connectivity index is 0.00000126. The Bertz CT molecular complexity index is 701. The zero-order chi connectivity index (χ0) is 20.0. The van der Waals surface area contributed by atoms with Crippen LogP contribution in [0.5, 0.6) is 5.75 Å². The molecule has 1 fully saturated rings. The molecule has 6 nitrogen and oxygen atoms in total. The van der Waals surface area contributed by atoms with Crippen LogP contribution in [0.25, 0.3) is 0 Å². The number of ether oxygens (including phenoxy) is 1. The molecule has 27 heavy (non-hydrogen) atoms. The molecule has 2 aliphatic heterocycles. The molecule has 0 aromatic heterocycles. The first-order valence-electron chi connectivity index (χ1n) is 9.97. The van der Waals surface area contributed by atoms with E-state index in [1.165, 1.54) is 0 Å². The van der Waals surface area contributed by atoms with Gasteiger partial charge in [-0.3, -0.25) is 19.7 Å². The van der Waals surface area contributed by atoms with Crippen LogP contribution in [0.3, 0.4) is 0 Å². The van der Waals surface area contributed by atoms with Gasteiger partial charge in [0.25, 0.3) is 5.91 Å². The number of hydrogen-bond acceptors (Lipinski definition) is 4. The SMILES string of the molecule is CC.CCCC(CC)Oc1ccc2c(c1)CN(C1CCC(=O)NC1=O)C2=O. The van der Waals surface area contributed by atoms with Crippen molar-refractivity contribution < 1.29 is 19.1 Å². The largest absolute Gasteiger partial charge is 0.490 e. The summed E-state index contributed by atoms with van der Waals surface area (Å²) < 4.78 is 6.03. The van der Waals surface area contributed by atoms with Gasteiger partial charge in [-0.2, -0.15) is 0 Å². The summed E-state index contributed by atoms with van der Waals surface area (Å²) in [7, 11) is 0. The first kappa shape index (κ1) is 20.9. The molecule has 2 atom stereocenters. The third-order valence-corrected chi connectivity index (χ3v) is 4.86. The van der Waals surface area contributed by atoms with Gasteiger partial charge in [-0.05, 0) is 43.0 Å². The number of benzene rings is 1. The van der Waals surface area contributed by atoms with Gasteiger partial charge in [0.2, 0.25) is 11.8 Å². The van der Waals surface area contributed by atoms with E-state index in [-0.39, 0.29) is 30.2 Å². The summed E-state index contributed by atoms with van der Waals surface area (Å²) in [6.07, 6.45) is 3.81. The third kappa shape index (κ3) is 4.67. The maximum atomic E-state index is 12.6. The van der Waals surface area contributed by atoms with Crippen LogP contribution in [-0.4, -0.2) is 34.8 Å². The number of hydrogen-bond donors (Lipinski definition) is 1. The fourth-order valence-electron chi connectivity index (χ4n) is 3.48. The highest BCUT2D eigenvalue weighted by Crippen LogP contribution is 2.30. The fraction of sp³-hybridized carbons (Fsp3) is 0.571. The molecule has 2 aliphatic rings. The number of fused-ring (bicyclic) bond motifs is 1. The quantitative estimate of drug-likeness (QED) is 0.774. The highest BCUT2D eigenvalue weighted by atomic mass is 16.5. The fourth-order valence-corrected chi connectivity index (χ4v) is 3.48. The number of amides is 3. The lowest BCUT2D eigenvalue weighted by atomic mass is 10.0. The van der Waals surface area contributed by atoms with Crippen molar-refractivity contribution in [1.82, 2.24) is 10.2 Å². The molecule has 1 saturated heterocycles. The first-order chi connectivity index (χ1) is 13.0. The topological polar surface area (TPSA) is 75.7 Å². The molecule has 148 valence electrons. The van der Waals surface area contributed by atoms with Gasteiger partial charge in [0.1, 0.15) is 11.8 Å². The third-order valence-electron chi connectivity index (χ3n) is 4.86. The zero-order valence-corrected chi connectivity index (χ0v) is 16.7. The number of carbonyl (C=O) groups is 3. The van der Waals surface area contributed by atoms with E-state index >= 15 is 0 Å². The highest BCUT2D eigenvalue weighted by Gasteiger charge is 2.39. The molecule has 0 spiro atoms. The molecule has 1 aromatic carbocycles. The normalized spacial score (nSPS) is 19.8. The van der Waals surface area contributed by atoms with E-state index < -0.39 is 6.04 Å².